The molecule has 0 aliphatic heterocycles. The largest absolute Gasteiger partial charge is 0.321 e. The lowest BCUT2D eigenvalue weighted by Crippen LogP contribution is -2.18. The number of rotatable bonds is 4. The number of amides is 2. The van der Waals surface area contributed by atoms with Gasteiger partial charge in [-0.05, 0) is 42.8 Å². The van der Waals surface area contributed by atoms with Crippen LogP contribution in [0, 0.1) is 6.92 Å². The number of nitrogens with one attached hydrogen (secondary N) is 2. The summed E-state index contributed by atoms with van der Waals surface area (Å²) in [5.74, 6) is -0.638. The molecule has 7 heteroatoms. The van der Waals surface area contributed by atoms with Gasteiger partial charge >= 0.3 is 0 Å². The zero-order valence-electron chi connectivity index (χ0n) is 15.0. The van der Waals surface area contributed by atoms with Gasteiger partial charge in [-0.1, -0.05) is 35.6 Å². The summed E-state index contributed by atoms with van der Waals surface area (Å²) in [7, 11) is 0. The lowest BCUT2D eigenvalue weighted by atomic mass is 10.1. The summed E-state index contributed by atoms with van der Waals surface area (Å²) in [5.41, 5.74) is 3.19. The van der Waals surface area contributed by atoms with E-state index in [1.807, 2.05) is 25.1 Å². The zero-order chi connectivity index (χ0) is 19.5. The van der Waals surface area contributed by atoms with Crippen molar-refractivity contribution in [2.24, 2.45) is 0 Å². The third kappa shape index (κ3) is 3.60. The number of aryl methyl sites for hydroxylation is 1. The summed E-state index contributed by atoms with van der Waals surface area (Å²) in [5, 5.41) is 6.14. The van der Waals surface area contributed by atoms with E-state index in [1.54, 1.807) is 48.8 Å². The third-order valence-corrected chi connectivity index (χ3v) is 5.14. The minimum Gasteiger partial charge on any atom is -0.321 e. The van der Waals surface area contributed by atoms with Crippen LogP contribution in [-0.4, -0.2) is 21.8 Å². The second kappa shape index (κ2) is 7.58. The van der Waals surface area contributed by atoms with E-state index in [0.717, 1.165) is 15.8 Å². The Balaban J connectivity index is 1.57. The van der Waals surface area contributed by atoms with Crippen LogP contribution in [0.3, 0.4) is 0 Å². The zero-order valence-corrected chi connectivity index (χ0v) is 15.8. The second-order valence-corrected chi connectivity index (χ2v) is 7.16. The number of hydrogen-bond acceptors (Lipinski definition) is 5. The molecule has 0 saturated carbocycles. The van der Waals surface area contributed by atoms with E-state index < -0.39 is 0 Å². The van der Waals surface area contributed by atoms with Crippen LogP contribution in [0.5, 0.6) is 0 Å². The molecule has 6 nitrogen and oxygen atoms in total. The maximum Gasteiger partial charge on any atom is 0.259 e. The quantitative estimate of drug-likeness (QED) is 0.539. The van der Waals surface area contributed by atoms with E-state index in [2.05, 4.69) is 20.6 Å². The van der Waals surface area contributed by atoms with Gasteiger partial charge in [-0.15, -0.1) is 0 Å². The van der Waals surface area contributed by atoms with Crippen molar-refractivity contribution in [2.45, 2.75) is 6.92 Å². The average molecular weight is 388 g/mol. The number of carbonyl (C=O) groups excluding carboxylic acids is 2. The molecule has 28 heavy (non-hydrogen) atoms. The van der Waals surface area contributed by atoms with Crippen molar-refractivity contribution in [1.29, 1.82) is 0 Å². The summed E-state index contributed by atoms with van der Waals surface area (Å²) < 4.78 is 1.01. The van der Waals surface area contributed by atoms with E-state index in [4.69, 9.17) is 0 Å². The van der Waals surface area contributed by atoms with Crippen LogP contribution in [-0.2, 0) is 0 Å². The van der Waals surface area contributed by atoms with Crippen molar-refractivity contribution in [3.05, 3.63) is 83.7 Å². The number of aromatic nitrogens is 2. The van der Waals surface area contributed by atoms with Crippen molar-refractivity contribution >= 4 is 44.2 Å². The first-order chi connectivity index (χ1) is 13.6. The number of hydrogen-bond donors (Lipinski definition) is 2. The van der Waals surface area contributed by atoms with Gasteiger partial charge in [0.15, 0.2) is 5.13 Å². The van der Waals surface area contributed by atoms with E-state index in [-0.39, 0.29) is 11.8 Å². The molecular weight excluding hydrogens is 372 g/mol. The van der Waals surface area contributed by atoms with Gasteiger partial charge < -0.3 is 5.32 Å². The molecule has 2 heterocycles. The second-order valence-electron chi connectivity index (χ2n) is 6.13. The van der Waals surface area contributed by atoms with E-state index in [1.165, 1.54) is 11.3 Å². The first-order valence-corrected chi connectivity index (χ1v) is 9.41. The topological polar surface area (TPSA) is 84.0 Å². The van der Waals surface area contributed by atoms with Gasteiger partial charge in [0, 0.05) is 18.0 Å². The molecular formula is C21H16N4O2S. The molecule has 0 aliphatic rings. The number of fused-ring (bicyclic) bond motifs is 1. The summed E-state index contributed by atoms with van der Waals surface area (Å²) in [6.45, 7) is 1.98. The fraction of sp³-hybridized carbons (Fsp3) is 0.0476. The molecule has 0 radical (unpaired) electrons. The highest BCUT2D eigenvalue weighted by Crippen LogP contribution is 2.28. The van der Waals surface area contributed by atoms with Crippen molar-refractivity contribution < 1.29 is 9.59 Å². The van der Waals surface area contributed by atoms with Crippen LogP contribution >= 0.6 is 11.3 Å². The Morgan fingerprint density at radius 2 is 1.68 bits per heavy atom. The Kier molecular flexibility index (Phi) is 4.82. The Hall–Kier alpha value is -3.58. The SMILES string of the molecule is Cc1cccc2sc(NC(=O)c3ccccc3NC(=O)c3ccncc3)nc12. The smallest absolute Gasteiger partial charge is 0.259 e. The van der Waals surface area contributed by atoms with E-state index >= 15 is 0 Å². The molecule has 0 saturated heterocycles. The number of benzene rings is 2. The number of carbonyl (C=O) groups is 2. The van der Waals surface area contributed by atoms with Crippen LogP contribution in [0.1, 0.15) is 26.3 Å². The minimum absolute atomic E-state index is 0.307. The summed E-state index contributed by atoms with van der Waals surface area (Å²) >= 11 is 1.41. The predicted molar refractivity (Wildman–Crippen MR) is 111 cm³/mol. The summed E-state index contributed by atoms with van der Waals surface area (Å²) in [6, 6.07) is 16.0. The molecule has 4 aromatic rings. The van der Waals surface area contributed by atoms with E-state index in [0.29, 0.717) is 21.9 Å². The van der Waals surface area contributed by atoms with E-state index in [9.17, 15) is 9.59 Å². The molecule has 0 bridgehead atoms. The highest BCUT2D eigenvalue weighted by atomic mass is 32.1. The Labute approximate surface area is 165 Å². The van der Waals surface area contributed by atoms with Crippen LogP contribution in [0.2, 0.25) is 0 Å². The third-order valence-electron chi connectivity index (χ3n) is 4.20. The summed E-state index contributed by atoms with van der Waals surface area (Å²) in [6.07, 6.45) is 3.09. The normalized spacial score (nSPS) is 10.6. The van der Waals surface area contributed by atoms with Crippen molar-refractivity contribution in [3.63, 3.8) is 0 Å². The lowest BCUT2D eigenvalue weighted by Gasteiger charge is -2.10. The highest BCUT2D eigenvalue weighted by molar-refractivity contribution is 7.22. The Morgan fingerprint density at radius 1 is 0.893 bits per heavy atom. The fourth-order valence-corrected chi connectivity index (χ4v) is 3.73. The number of thiazole rings is 1. The molecule has 2 amide bonds. The van der Waals surface area contributed by atoms with Gasteiger partial charge in [0.25, 0.3) is 11.8 Å². The van der Waals surface area contributed by atoms with Gasteiger partial charge in [-0.2, -0.15) is 0 Å². The molecule has 2 aromatic carbocycles. The Morgan fingerprint density at radius 3 is 2.46 bits per heavy atom. The van der Waals surface area contributed by atoms with Crippen LogP contribution in [0.25, 0.3) is 10.2 Å². The molecule has 0 unspecified atom stereocenters. The predicted octanol–water partition coefficient (Wildman–Crippen LogP) is 4.50. The lowest BCUT2D eigenvalue weighted by molar-refractivity contribution is 0.102. The van der Waals surface area contributed by atoms with Gasteiger partial charge in [-0.25, -0.2) is 4.98 Å². The molecule has 2 N–H and O–H groups in total. The van der Waals surface area contributed by atoms with Crippen LogP contribution < -0.4 is 10.6 Å². The number of para-hydroxylation sites is 2. The molecule has 2 aromatic heterocycles. The monoisotopic (exact) mass is 388 g/mol. The molecule has 0 spiro atoms. The van der Waals surface area contributed by atoms with Crippen molar-refractivity contribution in [3.8, 4) is 0 Å². The van der Waals surface area contributed by atoms with Gasteiger partial charge in [0.2, 0.25) is 0 Å². The number of pyridine rings is 1. The molecule has 4 rings (SSSR count). The average Bonchev–Trinajstić information content (AvgIpc) is 3.13. The first kappa shape index (κ1) is 17.8. The standard InChI is InChI=1S/C21H16N4O2S/c1-13-5-4-8-17-18(13)24-21(28-17)25-20(27)15-6-2-3-7-16(15)23-19(26)14-9-11-22-12-10-14/h2-12H,1H3,(H,23,26)(H,24,25,27). The highest BCUT2D eigenvalue weighted by Gasteiger charge is 2.16. The number of nitrogens with zero attached hydrogens (tertiary/aromatic N) is 2. The maximum absolute atomic E-state index is 12.8. The van der Waals surface area contributed by atoms with Crippen molar-refractivity contribution in [1.82, 2.24) is 9.97 Å². The first-order valence-electron chi connectivity index (χ1n) is 8.60. The maximum atomic E-state index is 12.8. The minimum atomic E-state index is -0.331. The molecule has 138 valence electrons. The fourth-order valence-electron chi connectivity index (χ4n) is 2.79. The molecule has 0 fully saturated rings. The van der Waals surface area contributed by atoms with Gasteiger partial charge in [0.1, 0.15) is 0 Å². The molecule has 0 atom stereocenters. The Bertz CT molecular complexity index is 1170. The van der Waals surface area contributed by atoms with Crippen LogP contribution in [0.15, 0.2) is 67.0 Å². The van der Waals surface area contributed by atoms with Crippen LogP contribution in [0.4, 0.5) is 10.8 Å². The van der Waals surface area contributed by atoms with Gasteiger partial charge in [0.05, 0.1) is 21.5 Å². The molecule has 0 aliphatic carbocycles. The van der Waals surface area contributed by atoms with Gasteiger partial charge in [-0.3, -0.25) is 19.9 Å². The summed E-state index contributed by atoms with van der Waals surface area (Å²) in [4.78, 5) is 33.6. The van der Waals surface area contributed by atoms with Crippen molar-refractivity contribution in [2.75, 3.05) is 10.6 Å². The number of anilines is 2.